The maximum atomic E-state index is 11.2. The van der Waals surface area contributed by atoms with E-state index < -0.39 is 0 Å². The van der Waals surface area contributed by atoms with Gasteiger partial charge in [-0.15, -0.1) is 0 Å². The number of rotatable bonds is 7. The van der Waals surface area contributed by atoms with E-state index in [-0.39, 0.29) is 10.6 Å². The summed E-state index contributed by atoms with van der Waals surface area (Å²) in [6.07, 6.45) is 7.07. The summed E-state index contributed by atoms with van der Waals surface area (Å²) in [6.45, 7) is 4.74. The van der Waals surface area contributed by atoms with E-state index in [9.17, 15) is 10.1 Å². The highest BCUT2D eigenvalue weighted by Gasteiger charge is 2.25. The van der Waals surface area contributed by atoms with E-state index in [4.69, 9.17) is 16.3 Å². The van der Waals surface area contributed by atoms with Crippen LogP contribution in [0.3, 0.4) is 0 Å². The summed E-state index contributed by atoms with van der Waals surface area (Å²) in [5.41, 5.74) is 6.53. The molecule has 2 aliphatic rings. The molecule has 3 aromatic rings. The number of hydrogen-bond acceptors (Lipinski definition) is 7. The molecule has 1 aliphatic heterocycles. The van der Waals surface area contributed by atoms with Gasteiger partial charge in [0.25, 0.3) is 5.69 Å². The van der Waals surface area contributed by atoms with Gasteiger partial charge in [0.15, 0.2) is 0 Å². The number of para-hydroxylation sites is 1. The topological polar surface area (TPSA) is 98.2 Å². The number of aromatic nitrogens is 2. The van der Waals surface area contributed by atoms with Crippen LogP contribution in [0.15, 0.2) is 81.6 Å². The van der Waals surface area contributed by atoms with Crippen LogP contribution in [-0.4, -0.2) is 58.3 Å². The quantitative estimate of drug-likeness (QED) is 0.224. The second-order valence-corrected chi connectivity index (χ2v) is 9.38. The van der Waals surface area contributed by atoms with Crippen LogP contribution in [0, 0.1) is 17.0 Å². The van der Waals surface area contributed by atoms with Crippen molar-refractivity contribution in [3.63, 3.8) is 0 Å². The minimum Gasteiger partial charge on any atom is -0.378 e. The molecule has 1 saturated heterocycles. The number of non-ortho nitro benzene ring substituents is 1. The van der Waals surface area contributed by atoms with Crippen LogP contribution in [0.25, 0.3) is 11.8 Å². The first-order chi connectivity index (χ1) is 18.5. The van der Waals surface area contributed by atoms with Gasteiger partial charge in [-0.25, -0.2) is 4.68 Å². The van der Waals surface area contributed by atoms with Crippen molar-refractivity contribution in [2.75, 3.05) is 26.3 Å². The van der Waals surface area contributed by atoms with Crippen LogP contribution in [0.5, 0.6) is 0 Å². The van der Waals surface area contributed by atoms with Gasteiger partial charge >= 0.3 is 0 Å². The standard InChI is InChI=1S/C28H27ClN6O3/c1-20-26(28(29)34(32-20)24-7-3-2-4-8-24)19-31-30-18-23-11-10-22(27(23)33-12-14-38-15-13-33)16-21-6-5-9-25(17-21)35(36)37/h2-9,16-19H,10-15H2,1H3/b22-16-,30-18+,31-19+. The lowest BCUT2D eigenvalue weighted by molar-refractivity contribution is -0.384. The molecule has 0 spiro atoms. The number of nitro benzene ring substituents is 1. The fourth-order valence-corrected chi connectivity index (χ4v) is 5.01. The van der Waals surface area contributed by atoms with Crippen LogP contribution in [-0.2, 0) is 4.74 Å². The number of hydrogen-bond donors (Lipinski definition) is 0. The number of nitro groups is 1. The van der Waals surface area contributed by atoms with Crippen molar-refractivity contribution < 1.29 is 9.66 Å². The zero-order valence-corrected chi connectivity index (χ0v) is 21.7. The fourth-order valence-electron chi connectivity index (χ4n) is 4.69. The molecule has 9 nitrogen and oxygen atoms in total. The summed E-state index contributed by atoms with van der Waals surface area (Å²) < 4.78 is 7.24. The molecule has 1 fully saturated rings. The third kappa shape index (κ3) is 5.58. The van der Waals surface area contributed by atoms with Gasteiger partial charge in [0, 0.05) is 30.9 Å². The number of morpholine rings is 1. The van der Waals surface area contributed by atoms with Gasteiger partial charge in [-0.05, 0) is 54.7 Å². The number of nitrogens with zero attached hydrogens (tertiary/aromatic N) is 6. The summed E-state index contributed by atoms with van der Waals surface area (Å²) in [6, 6.07) is 16.4. The number of ether oxygens (including phenoxy) is 1. The molecular formula is C28H27ClN6O3. The van der Waals surface area contributed by atoms with Gasteiger partial charge in [0.2, 0.25) is 0 Å². The minimum absolute atomic E-state index is 0.0786. The highest BCUT2D eigenvalue weighted by atomic mass is 35.5. The molecule has 0 unspecified atom stereocenters. The molecule has 38 heavy (non-hydrogen) atoms. The van der Waals surface area contributed by atoms with E-state index in [1.165, 1.54) is 6.07 Å². The lowest BCUT2D eigenvalue weighted by atomic mass is 10.1. The molecule has 0 radical (unpaired) electrons. The molecule has 10 heteroatoms. The fraction of sp³-hybridized carbons (Fsp3) is 0.250. The third-order valence-corrected chi connectivity index (χ3v) is 6.90. The molecule has 0 saturated carbocycles. The third-order valence-electron chi connectivity index (χ3n) is 6.54. The Hall–Kier alpha value is -4.08. The number of allylic oxidation sites excluding steroid dienone is 2. The monoisotopic (exact) mass is 530 g/mol. The van der Waals surface area contributed by atoms with E-state index in [1.807, 2.05) is 49.4 Å². The van der Waals surface area contributed by atoms with E-state index in [0.29, 0.717) is 23.9 Å². The van der Waals surface area contributed by atoms with Crippen LogP contribution >= 0.6 is 11.6 Å². The first-order valence-electron chi connectivity index (χ1n) is 12.4. The van der Waals surface area contributed by atoms with E-state index in [0.717, 1.165) is 59.7 Å². The average Bonchev–Trinajstić information content (AvgIpc) is 3.47. The number of aryl methyl sites for hydroxylation is 1. The lowest BCUT2D eigenvalue weighted by Gasteiger charge is -2.31. The second-order valence-electron chi connectivity index (χ2n) is 9.02. The molecule has 2 aromatic carbocycles. The highest BCUT2D eigenvalue weighted by Crippen LogP contribution is 2.35. The molecule has 0 bridgehead atoms. The van der Waals surface area contributed by atoms with Gasteiger partial charge in [0.1, 0.15) is 5.15 Å². The normalized spacial score (nSPS) is 17.4. The molecule has 0 atom stereocenters. The molecule has 194 valence electrons. The second kappa shape index (κ2) is 11.5. The van der Waals surface area contributed by atoms with Crippen LogP contribution < -0.4 is 0 Å². The zero-order chi connectivity index (χ0) is 26.5. The van der Waals surface area contributed by atoms with Crippen molar-refractivity contribution >= 4 is 35.8 Å². The largest absolute Gasteiger partial charge is 0.378 e. The molecule has 0 N–H and O–H groups in total. The van der Waals surface area contributed by atoms with Crippen LogP contribution in [0.1, 0.15) is 29.7 Å². The van der Waals surface area contributed by atoms with Crippen molar-refractivity contribution in [3.8, 4) is 5.69 Å². The Kier molecular flexibility index (Phi) is 7.76. The van der Waals surface area contributed by atoms with Crippen LogP contribution in [0.4, 0.5) is 5.69 Å². The Morgan fingerprint density at radius 2 is 1.82 bits per heavy atom. The minimum atomic E-state index is -0.372. The Labute approximate surface area is 225 Å². The zero-order valence-electron chi connectivity index (χ0n) is 21.0. The predicted octanol–water partition coefficient (Wildman–Crippen LogP) is 5.61. The molecule has 5 rings (SSSR count). The maximum Gasteiger partial charge on any atom is 0.270 e. The highest BCUT2D eigenvalue weighted by molar-refractivity contribution is 6.32. The van der Waals surface area contributed by atoms with Gasteiger partial charge in [-0.2, -0.15) is 15.3 Å². The van der Waals surface area contributed by atoms with E-state index >= 15 is 0 Å². The Morgan fingerprint density at radius 1 is 1.05 bits per heavy atom. The van der Waals surface area contributed by atoms with Gasteiger partial charge < -0.3 is 9.64 Å². The van der Waals surface area contributed by atoms with Crippen molar-refractivity contribution in [1.29, 1.82) is 0 Å². The molecular weight excluding hydrogens is 504 g/mol. The van der Waals surface area contributed by atoms with Gasteiger partial charge in [0.05, 0.1) is 47.5 Å². The van der Waals surface area contributed by atoms with Crippen molar-refractivity contribution in [3.05, 3.63) is 104 Å². The van der Waals surface area contributed by atoms with Crippen molar-refractivity contribution in [1.82, 2.24) is 14.7 Å². The summed E-state index contributed by atoms with van der Waals surface area (Å²) in [5, 5.41) is 24.9. The smallest absolute Gasteiger partial charge is 0.270 e. The SMILES string of the molecule is Cc1nn(-c2ccccc2)c(Cl)c1/C=N/N=C/C1=C(N2CCOCC2)C(=C\c2cccc([N+](=O)[O-])c2)/CC1. The summed E-state index contributed by atoms with van der Waals surface area (Å²) in [5.74, 6) is 0. The Bertz CT molecular complexity index is 1450. The maximum absolute atomic E-state index is 11.2. The molecule has 2 heterocycles. The van der Waals surface area contributed by atoms with Gasteiger partial charge in [-0.3, -0.25) is 10.1 Å². The van der Waals surface area contributed by atoms with Gasteiger partial charge in [-0.1, -0.05) is 41.9 Å². The number of halogens is 1. The Morgan fingerprint density at radius 3 is 2.58 bits per heavy atom. The first-order valence-corrected chi connectivity index (χ1v) is 12.8. The summed E-state index contributed by atoms with van der Waals surface area (Å²) in [4.78, 5) is 13.2. The molecule has 1 aromatic heterocycles. The predicted molar refractivity (Wildman–Crippen MR) is 149 cm³/mol. The first kappa shape index (κ1) is 25.6. The lowest BCUT2D eigenvalue weighted by Crippen LogP contribution is -2.36. The summed E-state index contributed by atoms with van der Waals surface area (Å²) >= 11 is 6.60. The average molecular weight is 531 g/mol. The van der Waals surface area contributed by atoms with Crippen molar-refractivity contribution in [2.45, 2.75) is 19.8 Å². The molecule has 1 aliphatic carbocycles. The molecule has 0 amide bonds. The van der Waals surface area contributed by atoms with Crippen LogP contribution in [0.2, 0.25) is 5.15 Å². The Balaban J connectivity index is 1.42. The van der Waals surface area contributed by atoms with E-state index in [1.54, 1.807) is 29.2 Å². The van der Waals surface area contributed by atoms with E-state index in [2.05, 4.69) is 20.2 Å². The number of benzene rings is 2. The van der Waals surface area contributed by atoms with Crippen molar-refractivity contribution in [2.24, 2.45) is 10.2 Å². The summed E-state index contributed by atoms with van der Waals surface area (Å²) in [7, 11) is 0.